The van der Waals surface area contributed by atoms with Crippen molar-refractivity contribution in [2.24, 2.45) is 5.92 Å². The third kappa shape index (κ3) is 2.47. The van der Waals surface area contributed by atoms with Crippen molar-refractivity contribution in [3.8, 4) is 0 Å². The molecule has 1 amide bonds. The molecule has 0 aromatic carbocycles. The number of nitrogens with zero attached hydrogens (tertiary/aromatic N) is 5. The van der Waals surface area contributed by atoms with Crippen LogP contribution in [0, 0.1) is 5.92 Å². The van der Waals surface area contributed by atoms with E-state index in [4.69, 9.17) is 0 Å². The Morgan fingerprint density at radius 1 is 1.27 bits per heavy atom. The highest BCUT2D eigenvalue weighted by Gasteiger charge is 2.41. The predicted molar refractivity (Wildman–Crippen MR) is 97.7 cm³/mol. The number of aryl methyl sites for hydroxylation is 1. The zero-order chi connectivity index (χ0) is 17.7. The van der Waals surface area contributed by atoms with E-state index in [0.717, 1.165) is 47.8 Å². The second-order valence-corrected chi connectivity index (χ2v) is 7.63. The Hall–Kier alpha value is -2.50. The minimum atomic E-state index is 0.136. The molecule has 3 aliphatic rings. The van der Waals surface area contributed by atoms with E-state index in [1.807, 2.05) is 18.3 Å². The number of rotatable bonds is 3. The van der Waals surface area contributed by atoms with E-state index in [-0.39, 0.29) is 5.91 Å². The van der Waals surface area contributed by atoms with Gasteiger partial charge in [0.15, 0.2) is 0 Å². The van der Waals surface area contributed by atoms with E-state index in [2.05, 4.69) is 31.7 Å². The Morgan fingerprint density at radius 2 is 2.19 bits per heavy atom. The maximum absolute atomic E-state index is 13.2. The van der Waals surface area contributed by atoms with Crippen LogP contribution in [0.2, 0.25) is 0 Å². The number of hydrogen-bond donors (Lipinski definition) is 0. The van der Waals surface area contributed by atoms with Crippen LogP contribution in [0.25, 0.3) is 0 Å². The maximum atomic E-state index is 13.2. The Labute approximate surface area is 153 Å². The molecule has 5 rings (SSSR count). The molecule has 1 aliphatic carbocycles. The van der Waals surface area contributed by atoms with Crippen molar-refractivity contribution in [3.63, 3.8) is 0 Å². The zero-order valence-corrected chi connectivity index (χ0v) is 15.1. The Kier molecular flexibility index (Phi) is 3.65. The summed E-state index contributed by atoms with van der Waals surface area (Å²) in [5.41, 5.74) is 2.91. The first kappa shape index (κ1) is 15.7. The highest BCUT2D eigenvalue weighted by atomic mass is 16.2. The van der Waals surface area contributed by atoms with E-state index in [9.17, 15) is 4.79 Å². The molecule has 134 valence electrons. The van der Waals surface area contributed by atoms with Crippen LogP contribution in [-0.2, 0) is 19.5 Å². The van der Waals surface area contributed by atoms with Gasteiger partial charge in [-0.1, -0.05) is 6.92 Å². The normalized spacial score (nSPS) is 23.6. The van der Waals surface area contributed by atoms with Crippen LogP contribution in [0.1, 0.15) is 53.6 Å². The van der Waals surface area contributed by atoms with Gasteiger partial charge in [0, 0.05) is 43.5 Å². The number of amides is 1. The number of anilines is 1. The van der Waals surface area contributed by atoms with Gasteiger partial charge in [0.2, 0.25) is 0 Å². The lowest BCUT2D eigenvalue weighted by Gasteiger charge is -2.28. The summed E-state index contributed by atoms with van der Waals surface area (Å²) < 4.78 is 0. The molecule has 2 atom stereocenters. The van der Waals surface area contributed by atoms with Crippen molar-refractivity contribution in [2.75, 3.05) is 11.4 Å². The van der Waals surface area contributed by atoms with Crippen LogP contribution in [0.3, 0.4) is 0 Å². The number of aromatic nitrogens is 3. The molecule has 6 nitrogen and oxygen atoms in total. The summed E-state index contributed by atoms with van der Waals surface area (Å²) in [5, 5.41) is 0. The summed E-state index contributed by atoms with van der Waals surface area (Å²) >= 11 is 0. The lowest BCUT2D eigenvalue weighted by Crippen LogP contribution is -2.38. The quantitative estimate of drug-likeness (QED) is 0.852. The molecule has 26 heavy (non-hydrogen) atoms. The standard InChI is InChI=1S/C20H23N5O/c1-2-18-22-9-14-11-24(12-17(14)23-18)19-16(4-3-7-21-19)20(26)25-10-13-5-6-15(25)8-13/h3-4,7,9,13,15H,2,5-6,8,10-12H2,1H3/t13-,15+/m0/s1. The molecule has 1 saturated carbocycles. The highest BCUT2D eigenvalue weighted by Crippen LogP contribution is 2.39. The number of carbonyl (C=O) groups excluding carboxylic acids is 1. The van der Waals surface area contributed by atoms with E-state index in [1.54, 1.807) is 6.20 Å². The lowest BCUT2D eigenvalue weighted by atomic mass is 10.1. The van der Waals surface area contributed by atoms with E-state index in [1.165, 1.54) is 12.8 Å². The van der Waals surface area contributed by atoms with Crippen LogP contribution in [0.5, 0.6) is 0 Å². The molecule has 2 fully saturated rings. The van der Waals surface area contributed by atoms with Crippen LogP contribution < -0.4 is 4.90 Å². The lowest BCUT2D eigenvalue weighted by molar-refractivity contribution is 0.0704. The Morgan fingerprint density at radius 3 is 2.96 bits per heavy atom. The second kappa shape index (κ2) is 6.04. The molecule has 4 heterocycles. The van der Waals surface area contributed by atoms with Crippen molar-refractivity contribution in [2.45, 2.75) is 51.7 Å². The second-order valence-electron chi connectivity index (χ2n) is 7.63. The first-order valence-corrected chi connectivity index (χ1v) is 9.57. The van der Waals surface area contributed by atoms with Crippen molar-refractivity contribution in [1.29, 1.82) is 0 Å². The van der Waals surface area contributed by atoms with Gasteiger partial charge in [-0.15, -0.1) is 0 Å². The molecule has 0 N–H and O–H groups in total. The predicted octanol–water partition coefficient (Wildman–Crippen LogP) is 2.58. The molecule has 2 aromatic rings. The number of pyridine rings is 1. The third-order valence-electron chi connectivity index (χ3n) is 6.01. The molecule has 0 radical (unpaired) electrons. The number of likely N-dealkylation sites (tertiary alicyclic amines) is 1. The van der Waals surface area contributed by atoms with Gasteiger partial charge in [0.05, 0.1) is 17.8 Å². The number of hydrogen-bond acceptors (Lipinski definition) is 5. The summed E-state index contributed by atoms with van der Waals surface area (Å²) in [7, 11) is 0. The molecule has 2 aliphatic heterocycles. The van der Waals surface area contributed by atoms with Crippen molar-refractivity contribution in [1.82, 2.24) is 19.9 Å². The van der Waals surface area contributed by atoms with Gasteiger partial charge in [-0.2, -0.15) is 0 Å². The van der Waals surface area contributed by atoms with Crippen molar-refractivity contribution < 1.29 is 4.79 Å². The van der Waals surface area contributed by atoms with Crippen molar-refractivity contribution in [3.05, 3.63) is 47.2 Å². The number of carbonyl (C=O) groups is 1. The summed E-state index contributed by atoms with van der Waals surface area (Å²) in [6.45, 7) is 4.37. The van der Waals surface area contributed by atoms with Crippen LogP contribution in [0.15, 0.2) is 24.5 Å². The Bertz CT molecular complexity index is 867. The first-order valence-electron chi connectivity index (χ1n) is 9.57. The smallest absolute Gasteiger partial charge is 0.257 e. The topological polar surface area (TPSA) is 62.2 Å². The highest BCUT2D eigenvalue weighted by molar-refractivity contribution is 5.99. The average molecular weight is 349 g/mol. The fourth-order valence-corrected chi connectivity index (χ4v) is 4.66. The van der Waals surface area contributed by atoms with Gasteiger partial charge in [-0.05, 0) is 37.3 Å². The monoisotopic (exact) mass is 349 g/mol. The maximum Gasteiger partial charge on any atom is 0.257 e. The molecule has 6 heteroatoms. The van der Waals surface area contributed by atoms with Gasteiger partial charge in [0.1, 0.15) is 11.6 Å². The van der Waals surface area contributed by atoms with Gasteiger partial charge in [-0.25, -0.2) is 15.0 Å². The van der Waals surface area contributed by atoms with Gasteiger partial charge in [-0.3, -0.25) is 4.79 Å². The molecular weight excluding hydrogens is 326 g/mol. The molecule has 0 unspecified atom stereocenters. The van der Waals surface area contributed by atoms with Crippen molar-refractivity contribution >= 4 is 11.7 Å². The minimum Gasteiger partial charge on any atom is -0.346 e. The van der Waals surface area contributed by atoms with Gasteiger partial charge in [0.25, 0.3) is 5.91 Å². The van der Waals surface area contributed by atoms with E-state index < -0.39 is 0 Å². The average Bonchev–Trinajstić information content (AvgIpc) is 3.41. The molecular formula is C20H23N5O. The van der Waals surface area contributed by atoms with E-state index >= 15 is 0 Å². The zero-order valence-electron chi connectivity index (χ0n) is 15.1. The van der Waals surface area contributed by atoms with Crippen LogP contribution >= 0.6 is 0 Å². The largest absolute Gasteiger partial charge is 0.346 e. The molecule has 1 saturated heterocycles. The first-order chi connectivity index (χ1) is 12.7. The summed E-state index contributed by atoms with van der Waals surface area (Å²) in [5.74, 6) is 2.48. The minimum absolute atomic E-state index is 0.136. The summed E-state index contributed by atoms with van der Waals surface area (Å²) in [6.07, 6.45) is 8.12. The van der Waals surface area contributed by atoms with Crippen LogP contribution in [0.4, 0.5) is 5.82 Å². The number of fused-ring (bicyclic) bond motifs is 3. The van der Waals surface area contributed by atoms with Gasteiger partial charge < -0.3 is 9.80 Å². The summed E-state index contributed by atoms with van der Waals surface area (Å²) in [4.78, 5) is 31.1. The molecule has 2 bridgehead atoms. The van der Waals surface area contributed by atoms with Gasteiger partial charge >= 0.3 is 0 Å². The summed E-state index contributed by atoms with van der Waals surface area (Å²) in [6, 6.07) is 4.21. The SMILES string of the molecule is CCc1ncc2c(n1)CN(c1ncccc1C(=O)N1C[C@H]3CC[C@@H]1C3)C2. The fraction of sp³-hybridized carbons (Fsp3) is 0.500. The van der Waals surface area contributed by atoms with E-state index in [0.29, 0.717) is 25.0 Å². The molecule has 0 spiro atoms. The fourth-order valence-electron chi connectivity index (χ4n) is 4.66. The van der Waals surface area contributed by atoms with Crippen LogP contribution in [-0.4, -0.2) is 38.3 Å². The Balaban J connectivity index is 1.43. The number of piperidine rings is 1. The third-order valence-corrected chi connectivity index (χ3v) is 6.01. The molecule has 2 aromatic heterocycles.